The fraction of sp³-hybridized carbons (Fsp3) is 0.350. The molecule has 0 unspecified atom stereocenters. The lowest BCUT2D eigenvalue weighted by atomic mass is 10.1. The number of amides is 1. The molecule has 1 fully saturated rings. The van der Waals surface area contributed by atoms with Crippen LogP contribution in [0.15, 0.2) is 48.5 Å². The zero-order chi connectivity index (χ0) is 17.5. The Balaban J connectivity index is 1.44. The van der Waals surface area contributed by atoms with Crippen molar-refractivity contribution in [1.29, 1.82) is 0 Å². The number of hydrogen-bond acceptors (Lipinski definition) is 3. The lowest BCUT2D eigenvalue weighted by Gasteiger charge is -2.28. The van der Waals surface area contributed by atoms with E-state index in [0.29, 0.717) is 11.6 Å². The highest BCUT2D eigenvalue weighted by Gasteiger charge is 2.10. The monoisotopic (exact) mass is 357 g/mol. The summed E-state index contributed by atoms with van der Waals surface area (Å²) in [6.45, 7) is 2.95. The molecule has 4 nitrogen and oxygen atoms in total. The van der Waals surface area contributed by atoms with E-state index in [4.69, 9.17) is 11.6 Å². The van der Waals surface area contributed by atoms with Crippen molar-refractivity contribution in [2.75, 3.05) is 29.9 Å². The summed E-state index contributed by atoms with van der Waals surface area (Å²) in [5.74, 6) is -0.0555. The number of nitrogens with one attached hydrogen (secondary N) is 2. The maximum absolute atomic E-state index is 12.0. The van der Waals surface area contributed by atoms with Gasteiger partial charge in [0.2, 0.25) is 5.91 Å². The lowest BCUT2D eigenvalue weighted by molar-refractivity contribution is -0.119. The second-order valence-corrected chi connectivity index (χ2v) is 6.72. The molecule has 1 aliphatic rings. The third-order valence-corrected chi connectivity index (χ3v) is 4.84. The first-order valence-corrected chi connectivity index (χ1v) is 9.19. The Morgan fingerprint density at radius 3 is 2.44 bits per heavy atom. The molecule has 0 spiro atoms. The number of benzene rings is 2. The topological polar surface area (TPSA) is 44.4 Å². The van der Waals surface area contributed by atoms with Gasteiger partial charge in [0.25, 0.3) is 0 Å². The van der Waals surface area contributed by atoms with Gasteiger partial charge in [-0.2, -0.15) is 0 Å². The van der Waals surface area contributed by atoms with E-state index in [0.717, 1.165) is 24.3 Å². The predicted molar refractivity (Wildman–Crippen MR) is 104 cm³/mol. The Bertz CT molecular complexity index is 696. The van der Waals surface area contributed by atoms with Crippen LogP contribution in [-0.2, 0) is 11.3 Å². The highest BCUT2D eigenvalue weighted by molar-refractivity contribution is 6.31. The van der Waals surface area contributed by atoms with E-state index in [1.165, 1.54) is 24.9 Å². The molecular weight excluding hydrogens is 334 g/mol. The molecule has 0 bridgehead atoms. The Labute approximate surface area is 154 Å². The van der Waals surface area contributed by atoms with Gasteiger partial charge in [0, 0.05) is 36.0 Å². The van der Waals surface area contributed by atoms with Crippen molar-refractivity contribution in [3.63, 3.8) is 0 Å². The van der Waals surface area contributed by atoms with Crippen LogP contribution in [0, 0.1) is 0 Å². The van der Waals surface area contributed by atoms with Gasteiger partial charge in [0.05, 0.1) is 6.54 Å². The quantitative estimate of drug-likeness (QED) is 0.819. The van der Waals surface area contributed by atoms with Gasteiger partial charge in [0.1, 0.15) is 0 Å². The van der Waals surface area contributed by atoms with Crippen LogP contribution < -0.4 is 15.5 Å². The number of piperidine rings is 1. The van der Waals surface area contributed by atoms with Crippen molar-refractivity contribution >= 4 is 28.9 Å². The van der Waals surface area contributed by atoms with E-state index in [-0.39, 0.29) is 12.5 Å². The van der Waals surface area contributed by atoms with Crippen molar-refractivity contribution in [2.24, 2.45) is 0 Å². The van der Waals surface area contributed by atoms with Gasteiger partial charge in [0.15, 0.2) is 0 Å². The molecule has 0 saturated carbocycles. The molecule has 3 rings (SSSR count). The molecule has 0 atom stereocenters. The largest absolute Gasteiger partial charge is 0.376 e. The molecule has 25 heavy (non-hydrogen) atoms. The van der Waals surface area contributed by atoms with E-state index >= 15 is 0 Å². The van der Waals surface area contributed by atoms with Crippen LogP contribution in [0.25, 0.3) is 0 Å². The number of hydrogen-bond donors (Lipinski definition) is 2. The molecule has 5 heteroatoms. The maximum Gasteiger partial charge on any atom is 0.239 e. The third kappa shape index (κ3) is 5.13. The first kappa shape index (κ1) is 17.6. The van der Waals surface area contributed by atoms with Gasteiger partial charge >= 0.3 is 0 Å². The summed E-state index contributed by atoms with van der Waals surface area (Å²) in [4.78, 5) is 14.4. The average Bonchev–Trinajstić information content (AvgIpc) is 2.67. The summed E-state index contributed by atoms with van der Waals surface area (Å²) in [6.07, 6.45) is 3.87. The Hall–Kier alpha value is -2.20. The fourth-order valence-corrected chi connectivity index (χ4v) is 3.23. The van der Waals surface area contributed by atoms with Crippen LogP contribution in [0.1, 0.15) is 24.8 Å². The van der Waals surface area contributed by atoms with Gasteiger partial charge in [-0.05, 0) is 55.2 Å². The molecule has 0 aliphatic carbocycles. The SMILES string of the molecule is O=C(CNc1ccc(N2CCCCC2)cc1)NCc1ccccc1Cl. The van der Waals surface area contributed by atoms with E-state index in [2.05, 4.69) is 27.7 Å². The lowest BCUT2D eigenvalue weighted by Crippen LogP contribution is -2.30. The summed E-state index contributed by atoms with van der Waals surface area (Å²) in [5.41, 5.74) is 3.13. The minimum absolute atomic E-state index is 0.0555. The van der Waals surface area contributed by atoms with Crippen LogP contribution >= 0.6 is 11.6 Å². The third-order valence-electron chi connectivity index (χ3n) is 4.48. The normalized spacial score (nSPS) is 14.2. The Morgan fingerprint density at radius 2 is 1.72 bits per heavy atom. The predicted octanol–water partition coefficient (Wildman–Crippen LogP) is 4.06. The maximum atomic E-state index is 12.0. The smallest absolute Gasteiger partial charge is 0.239 e. The van der Waals surface area contributed by atoms with Crippen LogP contribution in [0.2, 0.25) is 5.02 Å². The fourth-order valence-electron chi connectivity index (χ4n) is 3.02. The Kier molecular flexibility index (Phi) is 6.18. The second kappa shape index (κ2) is 8.77. The molecule has 1 amide bonds. The molecule has 2 N–H and O–H groups in total. The molecular formula is C20H24ClN3O. The minimum atomic E-state index is -0.0555. The van der Waals surface area contributed by atoms with Crippen LogP contribution in [0.4, 0.5) is 11.4 Å². The van der Waals surface area contributed by atoms with Crippen LogP contribution in [0.3, 0.4) is 0 Å². The number of halogens is 1. The van der Waals surface area contributed by atoms with Gasteiger partial charge in [-0.3, -0.25) is 4.79 Å². The molecule has 2 aromatic rings. The number of nitrogens with zero attached hydrogens (tertiary/aromatic N) is 1. The van der Waals surface area contributed by atoms with Crippen molar-refractivity contribution in [3.05, 3.63) is 59.1 Å². The van der Waals surface area contributed by atoms with Crippen molar-refractivity contribution in [2.45, 2.75) is 25.8 Å². The van der Waals surface area contributed by atoms with E-state index < -0.39 is 0 Å². The first-order chi connectivity index (χ1) is 12.2. The minimum Gasteiger partial charge on any atom is -0.376 e. The zero-order valence-electron chi connectivity index (χ0n) is 14.3. The molecule has 2 aromatic carbocycles. The summed E-state index contributed by atoms with van der Waals surface area (Å²) in [6, 6.07) is 15.8. The Morgan fingerprint density at radius 1 is 1.00 bits per heavy atom. The number of rotatable bonds is 6. The molecule has 0 radical (unpaired) electrons. The van der Waals surface area contributed by atoms with E-state index in [9.17, 15) is 4.79 Å². The number of carbonyl (C=O) groups is 1. The van der Waals surface area contributed by atoms with Gasteiger partial charge in [-0.15, -0.1) is 0 Å². The highest BCUT2D eigenvalue weighted by atomic mass is 35.5. The van der Waals surface area contributed by atoms with Crippen molar-refractivity contribution < 1.29 is 4.79 Å². The van der Waals surface area contributed by atoms with Gasteiger partial charge in [-0.1, -0.05) is 29.8 Å². The van der Waals surface area contributed by atoms with Crippen molar-refractivity contribution in [1.82, 2.24) is 5.32 Å². The van der Waals surface area contributed by atoms with Gasteiger partial charge in [-0.25, -0.2) is 0 Å². The van der Waals surface area contributed by atoms with Gasteiger partial charge < -0.3 is 15.5 Å². The molecule has 1 saturated heterocycles. The van der Waals surface area contributed by atoms with Crippen molar-refractivity contribution in [3.8, 4) is 0 Å². The van der Waals surface area contributed by atoms with E-state index in [1.54, 1.807) is 0 Å². The summed E-state index contributed by atoms with van der Waals surface area (Å²) >= 11 is 6.09. The molecule has 1 heterocycles. The average molecular weight is 358 g/mol. The molecule has 132 valence electrons. The first-order valence-electron chi connectivity index (χ1n) is 8.81. The number of carbonyl (C=O) groups excluding carboxylic acids is 1. The van der Waals surface area contributed by atoms with E-state index in [1.807, 2.05) is 36.4 Å². The highest BCUT2D eigenvalue weighted by Crippen LogP contribution is 2.21. The summed E-state index contributed by atoms with van der Waals surface area (Å²) in [7, 11) is 0. The summed E-state index contributed by atoms with van der Waals surface area (Å²) < 4.78 is 0. The second-order valence-electron chi connectivity index (χ2n) is 6.32. The molecule has 0 aromatic heterocycles. The number of anilines is 2. The zero-order valence-corrected chi connectivity index (χ0v) is 15.1. The van der Waals surface area contributed by atoms with Crippen LogP contribution in [0.5, 0.6) is 0 Å². The van der Waals surface area contributed by atoms with Crippen LogP contribution in [-0.4, -0.2) is 25.5 Å². The summed E-state index contributed by atoms with van der Waals surface area (Å²) in [5, 5.41) is 6.71. The molecule has 1 aliphatic heterocycles. The standard InChI is InChI=1S/C20H24ClN3O/c21-19-7-3-2-6-16(19)14-23-20(25)15-22-17-8-10-18(11-9-17)24-12-4-1-5-13-24/h2-3,6-11,22H,1,4-5,12-15H2,(H,23,25).